The van der Waals surface area contributed by atoms with Gasteiger partial charge in [-0.05, 0) is 32.0 Å². The van der Waals surface area contributed by atoms with Gasteiger partial charge < -0.3 is 14.8 Å². The van der Waals surface area contributed by atoms with Crippen molar-refractivity contribution in [2.45, 2.75) is 25.7 Å². The van der Waals surface area contributed by atoms with Gasteiger partial charge in [0.25, 0.3) is 0 Å². The molecule has 5 nitrogen and oxygen atoms in total. The summed E-state index contributed by atoms with van der Waals surface area (Å²) in [7, 11) is 0. The molecule has 0 saturated carbocycles. The highest BCUT2D eigenvalue weighted by atomic mass is 35.5. The SMILES string of the molecule is CC1(C)OCC(Nc2cccc(Cl)c2-n2cccn2)CO1. The maximum Gasteiger partial charge on any atom is 0.162 e. The third-order valence-electron chi connectivity index (χ3n) is 3.34. The van der Waals surface area contributed by atoms with Crippen molar-refractivity contribution in [3.63, 3.8) is 0 Å². The van der Waals surface area contributed by atoms with E-state index in [1.165, 1.54) is 0 Å². The lowest BCUT2D eigenvalue weighted by Gasteiger charge is -2.35. The van der Waals surface area contributed by atoms with Gasteiger partial charge in [-0.1, -0.05) is 17.7 Å². The van der Waals surface area contributed by atoms with Gasteiger partial charge in [0.05, 0.1) is 30.0 Å². The first-order valence-corrected chi connectivity index (χ1v) is 7.26. The second kappa shape index (κ2) is 5.67. The van der Waals surface area contributed by atoms with E-state index in [9.17, 15) is 0 Å². The van der Waals surface area contributed by atoms with Crippen molar-refractivity contribution >= 4 is 17.3 Å². The van der Waals surface area contributed by atoms with Crippen LogP contribution in [0, 0.1) is 0 Å². The van der Waals surface area contributed by atoms with Gasteiger partial charge in [-0.15, -0.1) is 0 Å². The average molecular weight is 308 g/mol. The number of ether oxygens (including phenoxy) is 2. The Labute approximate surface area is 128 Å². The number of hydrogen-bond acceptors (Lipinski definition) is 4. The number of halogens is 1. The highest BCUT2D eigenvalue weighted by Gasteiger charge is 2.28. The van der Waals surface area contributed by atoms with E-state index >= 15 is 0 Å². The van der Waals surface area contributed by atoms with Crippen molar-refractivity contribution in [1.29, 1.82) is 0 Å². The van der Waals surface area contributed by atoms with Crippen molar-refractivity contribution in [3.8, 4) is 5.69 Å². The van der Waals surface area contributed by atoms with Gasteiger partial charge in [-0.25, -0.2) is 4.68 Å². The minimum atomic E-state index is -0.517. The van der Waals surface area contributed by atoms with E-state index < -0.39 is 5.79 Å². The summed E-state index contributed by atoms with van der Waals surface area (Å²) in [5.74, 6) is -0.517. The minimum Gasteiger partial charge on any atom is -0.376 e. The van der Waals surface area contributed by atoms with Crippen LogP contribution in [-0.4, -0.2) is 34.8 Å². The van der Waals surface area contributed by atoms with Crippen LogP contribution in [0.4, 0.5) is 5.69 Å². The maximum atomic E-state index is 6.32. The lowest BCUT2D eigenvalue weighted by molar-refractivity contribution is -0.247. The minimum absolute atomic E-state index is 0.0748. The molecule has 112 valence electrons. The number of rotatable bonds is 3. The summed E-state index contributed by atoms with van der Waals surface area (Å²) < 4.78 is 13.1. The maximum absolute atomic E-state index is 6.32. The number of hydrogen-bond donors (Lipinski definition) is 1. The van der Waals surface area contributed by atoms with Crippen LogP contribution in [0.25, 0.3) is 5.69 Å². The zero-order chi connectivity index (χ0) is 14.9. The molecule has 6 heteroatoms. The molecule has 1 N–H and O–H groups in total. The van der Waals surface area contributed by atoms with Crippen LogP contribution < -0.4 is 5.32 Å². The Bertz CT molecular complexity index is 603. The molecule has 3 rings (SSSR count). The number of benzene rings is 1. The van der Waals surface area contributed by atoms with Crippen molar-refractivity contribution in [3.05, 3.63) is 41.7 Å². The Morgan fingerprint density at radius 1 is 1.29 bits per heavy atom. The molecule has 2 heterocycles. The predicted octanol–water partition coefficient (Wildman–Crippen LogP) is 3.09. The van der Waals surface area contributed by atoms with E-state index in [0.29, 0.717) is 18.2 Å². The normalized spacial score (nSPS) is 18.6. The lowest BCUT2D eigenvalue weighted by atomic mass is 10.2. The van der Waals surface area contributed by atoms with Crippen LogP contribution in [0.5, 0.6) is 0 Å². The lowest BCUT2D eigenvalue weighted by Crippen LogP contribution is -2.45. The number of anilines is 1. The first-order valence-electron chi connectivity index (χ1n) is 6.88. The summed E-state index contributed by atoms with van der Waals surface area (Å²) >= 11 is 6.32. The standard InChI is InChI=1S/C15H18ClN3O2/c1-15(2)20-9-11(10-21-15)18-13-6-3-5-12(16)14(13)19-8-4-7-17-19/h3-8,11,18H,9-10H2,1-2H3. The molecule has 1 aromatic carbocycles. The Morgan fingerprint density at radius 3 is 2.71 bits per heavy atom. The summed E-state index contributed by atoms with van der Waals surface area (Å²) in [5.41, 5.74) is 1.73. The topological polar surface area (TPSA) is 48.3 Å². The first-order chi connectivity index (χ1) is 10.1. The highest BCUT2D eigenvalue weighted by molar-refractivity contribution is 6.33. The molecule has 0 bridgehead atoms. The van der Waals surface area contributed by atoms with Crippen LogP contribution >= 0.6 is 11.6 Å². The zero-order valence-electron chi connectivity index (χ0n) is 12.0. The Kier molecular flexibility index (Phi) is 3.89. The largest absolute Gasteiger partial charge is 0.376 e. The number of nitrogens with zero attached hydrogens (tertiary/aromatic N) is 2. The summed E-state index contributed by atoms with van der Waals surface area (Å²) in [6, 6.07) is 7.67. The fourth-order valence-corrected chi connectivity index (χ4v) is 2.52. The zero-order valence-corrected chi connectivity index (χ0v) is 12.8. The molecule has 0 radical (unpaired) electrons. The molecule has 1 aliphatic heterocycles. The van der Waals surface area contributed by atoms with Gasteiger partial charge in [0, 0.05) is 12.4 Å². The molecule has 0 atom stereocenters. The highest BCUT2D eigenvalue weighted by Crippen LogP contribution is 2.29. The smallest absolute Gasteiger partial charge is 0.162 e. The molecule has 0 amide bonds. The van der Waals surface area contributed by atoms with Crippen LogP contribution in [0.2, 0.25) is 5.02 Å². The van der Waals surface area contributed by atoms with Gasteiger partial charge >= 0.3 is 0 Å². The quantitative estimate of drug-likeness (QED) is 0.946. The molecule has 2 aromatic rings. The monoisotopic (exact) mass is 307 g/mol. The molecule has 0 spiro atoms. The van der Waals surface area contributed by atoms with Gasteiger partial charge in [-0.2, -0.15) is 5.10 Å². The van der Waals surface area contributed by atoms with Gasteiger partial charge in [0.2, 0.25) is 0 Å². The second-order valence-corrected chi connectivity index (χ2v) is 5.86. The Balaban J connectivity index is 1.82. The van der Waals surface area contributed by atoms with Gasteiger partial charge in [0.15, 0.2) is 5.79 Å². The molecule has 1 saturated heterocycles. The Hall–Kier alpha value is -1.56. The summed E-state index contributed by atoms with van der Waals surface area (Å²) in [6.07, 6.45) is 3.59. The van der Waals surface area contributed by atoms with E-state index in [1.807, 2.05) is 44.3 Å². The first kappa shape index (κ1) is 14.4. The number of nitrogens with one attached hydrogen (secondary N) is 1. The fraction of sp³-hybridized carbons (Fsp3) is 0.400. The third-order valence-corrected chi connectivity index (χ3v) is 3.65. The molecule has 0 unspecified atom stereocenters. The van der Waals surface area contributed by atoms with E-state index in [4.69, 9.17) is 21.1 Å². The van der Waals surface area contributed by atoms with Crippen molar-refractivity contribution in [1.82, 2.24) is 9.78 Å². The van der Waals surface area contributed by atoms with Crippen LogP contribution in [-0.2, 0) is 9.47 Å². The van der Waals surface area contributed by atoms with E-state index in [-0.39, 0.29) is 6.04 Å². The molecule has 1 aliphatic rings. The molecule has 21 heavy (non-hydrogen) atoms. The molecular weight excluding hydrogens is 290 g/mol. The fourth-order valence-electron chi connectivity index (χ4n) is 2.26. The van der Waals surface area contributed by atoms with E-state index in [1.54, 1.807) is 10.9 Å². The molecular formula is C15H18ClN3O2. The van der Waals surface area contributed by atoms with Crippen LogP contribution in [0.1, 0.15) is 13.8 Å². The van der Waals surface area contributed by atoms with Crippen LogP contribution in [0.3, 0.4) is 0 Å². The van der Waals surface area contributed by atoms with E-state index in [2.05, 4.69) is 10.4 Å². The molecule has 0 aliphatic carbocycles. The predicted molar refractivity (Wildman–Crippen MR) is 82.0 cm³/mol. The van der Waals surface area contributed by atoms with E-state index in [0.717, 1.165) is 11.4 Å². The van der Waals surface area contributed by atoms with Gasteiger partial charge in [-0.3, -0.25) is 0 Å². The van der Waals surface area contributed by atoms with Crippen molar-refractivity contribution < 1.29 is 9.47 Å². The average Bonchev–Trinajstić information content (AvgIpc) is 2.95. The summed E-state index contributed by atoms with van der Waals surface area (Å²) in [4.78, 5) is 0. The Morgan fingerprint density at radius 2 is 2.05 bits per heavy atom. The van der Waals surface area contributed by atoms with Crippen molar-refractivity contribution in [2.24, 2.45) is 0 Å². The second-order valence-electron chi connectivity index (χ2n) is 5.45. The summed E-state index contributed by atoms with van der Waals surface area (Å²) in [6.45, 7) is 4.99. The molecule has 1 fully saturated rings. The summed E-state index contributed by atoms with van der Waals surface area (Å²) in [5, 5.41) is 8.32. The third kappa shape index (κ3) is 3.20. The van der Waals surface area contributed by atoms with Gasteiger partial charge in [0.1, 0.15) is 5.69 Å². The number of para-hydroxylation sites is 1. The number of aromatic nitrogens is 2. The van der Waals surface area contributed by atoms with Crippen LogP contribution in [0.15, 0.2) is 36.7 Å². The van der Waals surface area contributed by atoms with Crippen molar-refractivity contribution in [2.75, 3.05) is 18.5 Å². The molecule has 1 aromatic heterocycles.